The molecule has 0 bridgehead atoms. The molecule has 1 aliphatic heterocycles. The molecule has 5 nitrogen and oxygen atoms in total. The van der Waals surface area contributed by atoms with Crippen LogP contribution in [0.1, 0.15) is 18.9 Å². The van der Waals surface area contributed by atoms with Gasteiger partial charge >= 0.3 is 5.97 Å². The monoisotopic (exact) mass is 206 g/mol. The maximum Gasteiger partial charge on any atom is 0.351 e. The summed E-state index contributed by atoms with van der Waals surface area (Å²) in [6.07, 6.45) is 3.54. The molecule has 5 heteroatoms. The van der Waals surface area contributed by atoms with Crippen molar-refractivity contribution in [3.8, 4) is 0 Å². The highest BCUT2D eigenvalue weighted by Gasteiger charge is 2.42. The van der Waals surface area contributed by atoms with Gasteiger partial charge in [-0.3, -0.25) is 4.98 Å². The lowest BCUT2D eigenvalue weighted by molar-refractivity contribution is -0.160. The van der Waals surface area contributed by atoms with Crippen LogP contribution in [0.25, 0.3) is 0 Å². The largest absolute Gasteiger partial charge is 0.478 e. The van der Waals surface area contributed by atoms with E-state index in [2.05, 4.69) is 10.1 Å². The van der Waals surface area contributed by atoms with Crippen molar-refractivity contribution in [1.82, 2.24) is 4.98 Å². The maximum atomic E-state index is 10.9. The molecule has 2 heterocycles. The van der Waals surface area contributed by atoms with E-state index in [1.54, 1.807) is 18.5 Å². The van der Waals surface area contributed by atoms with Crippen LogP contribution in [-0.2, 0) is 9.63 Å². The Bertz CT molecular complexity index is 416. The molecule has 1 aliphatic rings. The Balaban J connectivity index is 2.21. The summed E-state index contributed by atoms with van der Waals surface area (Å²) < 4.78 is 0. The molecule has 2 rings (SSSR count). The van der Waals surface area contributed by atoms with E-state index in [1.165, 1.54) is 6.92 Å². The van der Waals surface area contributed by atoms with Crippen LogP contribution in [0.2, 0.25) is 0 Å². The van der Waals surface area contributed by atoms with E-state index < -0.39 is 11.6 Å². The summed E-state index contributed by atoms with van der Waals surface area (Å²) in [5.41, 5.74) is 0.168. The Morgan fingerprint density at radius 1 is 1.67 bits per heavy atom. The van der Waals surface area contributed by atoms with Gasteiger partial charge in [0.2, 0.25) is 5.60 Å². The Morgan fingerprint density at radius 3 is 3.00 bits per heavy atom. The lowest BCUT2D eigenvalue weighted by atomic mass is 9.97. The lowest BCUT2D eigenvalue weighted by Gasteiger charge is -2.14. The Labute approximate surface area is 86.4 Å². The summed E-state index contributed by atoms with van der Waals surface area (Å²) >= 11 is 0. The Hall–Kier alpha value is -1.91. The number of pyridine rings is 1. The SMILES string of the molecule is C[C@@]1(C(=O)O)CC(c2cccnc2)=NO1. The highest BCUT2D eigenvalue weighted by molar-refractivity contribution is 6.04. The molecule has 0 aliphatic carbocycles. The van der Waals surface area contributed by atoms with Crippen LogP contribution >= 0.6 is 0 Å². The number of oxime groups is 1. The van der Waals surface area contributed by atoms with Crippen LogP contribution in [-0.4, -0.2) is 27.4 Å². The first-order valence-electron chi connectivity index (χ1n) is 4.51. The summed E-state index contributed by atoms with van der Waals surface area (Å²) in [6.45, 7) is 1.50. The zero-order valence-electron chi connectivity index (χ0n) is 8.17. The van der Waals surface area contributed by atoms with Crippen molar-refractivity contribution < 1.29 is 14.7 Å². The van der Waals surface area contributed by atoms with Gasteiger partial charge in [0.15, 0.2) is 0 Å². The minimum absolute atomic E-state index is 0.258. The minimum Gasteiger partial charge on any atom is -0.478 e. The second-order valence-electron chi connectivity index (χ2n) is 3.58. The number of hydrogen-bond donors (Lipinski definition) is 1. The number of aliphatic carboxylic acids is 1. The number of rotatable bonds is 2. The van der Waals surface area contributed by atoms with E-state index in [-0.39, 0.29) is 6.42 Å². The molecule has 1 aromatic heterocycles. The molecule has 0 radical (unpaired) electrons. The van der Waals surface area contributed by atoms with Gasteiger partial charge in [-0.25, -0.2) is 4.79 Å². The average Bonchev–Trinajstić information content (AvgIpc) is 2.64. The first kappa shape index (κ1) is 9.64. The normalized spacial score (nSPS) is 24.5. The lowest BCUT2D eigenvalue weighted by Crippen LogP contribution is -2.35. The number of nitrogens with zero attached hydrogens (tertiary/aromatic N) is 2. The summed E-state index contributed by atoms with van der Waals surface area (Å²) in [5, 5.41) is 12.7. The van der Waals surface area contributed by atoms with Crippen LogP contribution in [0.15, 0.2) is 29.7 Å². The standard InChI is InChI=1S/C10H10N2O3/c1-10(9(13)14)5-8(12-15-10)7-3-2-4-11-6-7/h2-4,6H,5H2,1H3,(H,13,14)/t10-/m0/s1. The van der Waals surface area contributed by atoms with E-state index in [4.69, 9.17) is 9.94 Å². The van der Waals surface area contributed by atoms with Gasteiger partial charge in [0.05, 0.1) is 5.71 Å². The fourth-order valence-corrected chi connectivity index (χ4v) is 1.34. The van der Waals surface area contributed by atoms with Gasteiger partial charge in [-0.05, 0) is 19.1 Å². The smallest absolute Gasteiger partial charge is 0.351 e. The van der Waals surface area contributed by atoms with Gasteiger partial charge in [-0.1, -0.05) is 5.16 Å². The van der Waals surface area contributed by atoms with Crippen LogP contribution in [0.3, 0.4) is 0 Å². The molecule has 1 N–H and O–H groups in total. The van der Waals surface area contributed by atoms with Gasteiger partial charge in [0.25, 0.3) is 0 Å². The van der Waals surface area contributed by atoms with E-state index in [1.807, 2.05) is 6.07 Å². The molecule has 0 saturated heterocycles. The molecule has 1 atom stereocenters. The fraction of sp³-hybridized carbons (Fsp3) is 0.300. The quantitative estimate of drug-likeness (QED) is 0.785. The Kier molecular flexibility index (Phi) is 2.15. The van der Waals surface area contributed by atoms with Crippen molar-refractivity contribution in [2.45, 2.75) is 18.9 Å². The molecule has 1 aromatic rings. The molecule has 0 spiro atoms. The van der Waals surface area contributed by atoms with Crippen LogP contribution < -0.4 is 0 Å². The first-order chi connectivity index (χ1) is 7.12. The molecule has 0 amide bonds. The molecule has 0 fully saturated rings. The second kappa shape index (κ2) is 3.34. The average molecular weight is 206 g/mol. The van der Waals surface area contributed by atoms with Gasteiger partial charge in [0.1, 0.15) is 0 Å². The number of hydrogen-bond acceptors (Lipinski definition) is 4. The summed E-state index contributed by atoms with van der Waals surface area (Å²) in [6, 6.07) is 3.59. The number of carbonyl (C=O) groups is 1. The Morgan fingerprint density at radius 2 is 2.47 bits per heavy atom. The fourth-order valence-electron chi connectivity index (χ4n) is 1.34. The van der Waals surface area contributed by atoms with Crippen LogP contribution in [0.4, 0.5) is 0 Å². The van der Waals surface area contributed by atoms with E-state index in [0.29, 0.717) is 5.71 Å². The van der Waals surface area contributed by atoms with E-state index in [0.717, 1.165) is 5.56 Å². The summed E-state index contributed by atoms with van der Waals surface area (Å²) in [7, 11) is 0. The zero-order chi connectivity index (χ0) is 10.9. The van der Waals surface area contributed by atoms with Crippen molar-refractivity contribution in [2.75, 3.05) is 0 Å². The van der Waals surface area contributed by atoms with E-state index >= 15 is 0 Å². The number of carboxylic acids is 1. The van der Waals surface area contributed by atoms with Crippen molar-refractivity contribution in [2.24, 2.45) is 5.16 Å². The number of carboxylic acid groups (broad SMARTS) is 1. The topological polar surface area (TPSA) is 71.8 Å². The molecule has 0 unspecified atom stereocenters. The highest BCUT2D eigenvalue weighted by Crippen LogP contribution is 2.26. The van der Waals surface area contributed by atoms with E-state index in [9.17, 15) is 4.79 Å². The van der Waals surface area contributed by atoms with Crippen molar-refractivity contribution in [1.29, 1.82) is 0 Å². The second-order valence-corrected chi connectivity index (χ2v) is 3.58. The van der Waals surface area contributed by atoms with Crippen molar-refractivity contribution in [3.05, 3.63) is 30.1 Å². The third-order valence-electron chi connectivity index (χ3n) is 2.31. The van der Waals surface area contributed by atoms with Gasteiger partial charge < -0.3 is 9.94 Å². The van der Waals surface area contributed by atoms with Crippen LogP contribution in [0.5, 0.6) is 0 Å². The molecular weight excluding hydrogens is 196 g/mol. The molecular formula is C10H10N2O3. The molecule has 15 heavy (non-hydrogen) atoms. The van der Waals surface area contributed by atoms with Crippen LogP contribution in [0, 0.1) is 0 Å². The maximum absolute atomic E-state index is 10.9. The predicted octanol–water partition coefficient (Wildman–Crippen LogP) is 1.05. The van der Waals surface area contributed by atoms with Gasteiger partial charge in [-0.15, -0.1) is 0 Å². The van der Waals surface area contributed by atoms with Gasteiger partial charge in [-0.2, -0.15) is 0 Å². The summed E-state index contributed by atoms with van der Waals surface area (Å²) in [4.78, 5) is 19.8. The molecule has 0 aromatic carbocycles. The summed E-state index contributed by atoms with van der Waals surface area (Å²) in [5.74, 6) is -1.01. The molecule has 0 saturated carbocycles. The molecule has 78 valence electrons. The third kappa shape index (κ3) is 1.68. The first-order valence-corrected chi connectivity index (χ1v) is 4.51. The minimum atomic E-state index is -1.24. The zero-order valence-corrected chi connectivity index (χ0v) is 8.17. The third-order valence-corrected chi connectivity index (χ3v) is 2.31. The van der Waals surface area contributed by atoms with Crippen molar-refractivity contribution >= 4 is 11.7 Å². The number of aromatic nitrogens is 1. The van der Waals surface area contributed by atoms with Gasteiger partial charge in [0, 0.05) is 24.4 Å². The predicted molar refractivity (Wildman–Crippen MR) is 52.5 cm³/mol. The van der Waals surface area contributed by atoms with Crippen molar-refractivity contribution in [3.63, 3.8) is 0 Å². The highest BCUT2D eigenvalue weighted by atomic mass is 16.7.